The highest BCUT2D eigenvalue weighted by Gasteiger charge is 2.13. The van der Waals surface area contributed by atoms with Crippen LogP contribution in [0.15, 0.2) is 29.2 Å². The molecule has 0 bridgehead atoms. The van der Waals surface area contributed by atoms with E-state index in [9.17, 15) is 9.11 Å². The molecule has 14 heavy (non-hydrogen) atoms. The molecule has 0 atom stereocenters. The van der Waals surface area contributed by atoms with Crippen LogP contribution in [-0.4, -0.2) is 15.7 Å². The van der Waals surface area contributed by atoms with Crippen molar-refractivity contribution in [2.24, 2.45) is 0 Å². The Morgan fingerprint density at radius 2 is 1.79 bits per heavy atom. The van der Waals surface area contributed by atoms with Crippen molar-refractivity contribution in [3.63, 3.8) is 0 Å². The highest BCUT2D eigenvalue weighted by molar-refractivity contribution is 8.22. The molecule has 1 aromatic rings. The van der Waals surface area contributed by atoms with Gasteiger partial charge in [0.2, 0.25) is 0 Å². The normalized spacial score (nSPS) is 12.9. The second kappa shape index (κ2) is 4.79. The quantitative estimate of drug-likeness (QED) is 0.723. The molecule has 0 saturated heterocycles. The monoisotopic (exact) mass is 215 g/mol. The van der Waals surface area contributed by atoms with Gasteiger partial charge in [-0.1, -0.05) is 24.6 Å². The van der Waals surface area contributed by atoms with Crippen LogP contribution in [0.4, 0.5) is 0 Å². The second-order valence-electron chi connectivity index (χ2n) is 3.26. The fourth-order valence-electron chi connectivity index (χ4n) is 1.06. The summed E-state index contributed by atoms with van der Waals surface area (Å²) in [6.07, 6.45) is 0.877. The van der Waals surface area contributed by atoms with E-state index in [1.807, 2.05) is 26.0 Å². The molecule has 0 aliphatic carbocycles. The van der Waals surface area contributed by atoms with Gasteiger partial charge >= 0.3 is 0 Å². The lowest BCUT2D eigenvalue weighted by atomic mass is 10.2. The summed E-state index contributed by atoms with van der Waals surface area (Å²) in [5.41, 5.74) is 1.11. The van der Waals surface area contributed by atoms with Crippen LogP contribution in [0.3, 0.4) is 0 Å². The zero-order chi connectivity index (χ0) is 10.6. The van der Waals surface area contributed by atoms with Crippen molar-refractivity contribution in [1.29, 1.82) is 0 Å². The molecule has 0 saturated carbocycles. The van der Waals surface area contributed by atoms with E-state index in [0.717, 1.165) is 12.0 Å². The summed E-state index contributed by atoms with van der Waals surface area (Å²) in [7, 11) is -2.79. The summed E-state index contributed by atoms with van der Waals surface area (Å²) in [5, 5.41) is 0. The molecule has 3 N–H and O–H groups in total. The van der Waals surface area contributed by atoms with E-state index in [1.54, 1.807) is 12.1 Å². The Balaban J connectivity index is 2.75. The molecule has 0 heterocycles. The Morgan fingerprint density at radius 1 is 1.21 bits per heavy atom. The van der Waals surface area contributed by atoms with E-state index in [1.165, 1.54) is 0 Å². The summed E-state index contributed by atoms with van der Waals surface area (Å²) in [5.74, 6) is 0. The number of rotatable bonds is 4. The Labute approximate surface area is 86.6 Å². The lowest BCUT2D eigenvalue weighted by Gasteiger charge is -2.32. The topological polar surface area (TPSA) is 52.5 Å². The molecule has 0 fully saturated rings. The van der Waals surface area contributed by atoms with Gasteiger partial charge in [-0.25, -0.2) is 4.72 Å². The van der Waals surface area contributed by atoms with E-state index in [0.29, 0.717) is 11.4 Å². The fraction of sp³-hybridized carbons (Fsp3) is 0.400. The van der Waals surface area contributed by atoms with Crippen molar-refractivity contribution in [3.05, 3.63) is 29.8 Å². The van der Waals surface area contributed by atoms with Crippen molar-refractivity contribution in [2.75, 3.05) is 6.54 Å². The van der Waals surface area contributed by atoms with Crippen molar-refractivity contribution in [3.8, 4) is 0 Å². The van der Waals surface area contributed by atoms with Crippen LogP contribution in [0.5, 0.6) is 0 Å². The molecule has 1 aromatic carbocycles. The van der Waals surface area contributed by atoms with Crippen LogP contribution in [0.1, 0.15) is 18.9 Å². The highest BCUT2D eigenvalue weighted by atomic mass is 32.3. The average molecular weight is 215 g/mol. The van der Waals surface area contributed by atoms with Gasteiger partial charge in [0.1, 0.15) is 0 Å². The number of aryl methyl sites for hydroxylation is 1. The Morgan fingerprint density at radius 3 is 2.29 bits per heavy atom. The van der Waals surface area contributed by atoms with Crippen molar-refractivity contribution < 1.29 is 9.11 Å². The zero-order valence-electron chi connectivity index (χ0n) is 8.53. The number of hydrogen-bond donors (Lipinski definition) is 3. The molecule has 0 radical (unpaired) electrons. The van der Waals surface area contributed by atoms with Gasteiger partial charge in [0.05, 0.1) is 4.90 Å². The Hall–Kier alpha value is -0.550. The molecule has 0 aromatic heterocycles. The maximum Gasteiger partial charge on any atom is 0.0750 e. The summed E-state index contributed by atoms with van der Waals surface area (Å²) < 4.78 is 22.2. The SMILES string of the molecule is CCCNS(O)(O)c1ccc(C)cc1. The first-order chi connectivity index (χ1) is 6.56. The van der Waals surface area contributed by atoms with Gasteiger partial charge < -0.3 is 0 Å². The van der Waals surface area contributed by atoms with E-state index in [-0.39, 0.29) is 0 Å². The minimum atomic E-state index is -2.79. The number of hydrogen-bond acceptors (Lipinski definition) is 3. The lowest BCUT2D eigenvalue weighted by Crippen LogP contribution is -2.20. The molecule has 4 heteroatoms. The average Bonchev–Trinajstić information content (AvgIpc) is 2.16. The second-order valence-corrected chi connectivity index (χ2v) is 5.11. The molecular weight excluding hydrogens is 198 g/mol. The van der Waals surface area contributed by atoms with Crippen LogP contribution in [-0.2, 0) is 0 Å². The van der Waals surface area contributed by atoms with E-state index < -0.39 is 10.8 Å². The van der Waals surface area contributed by atoms with E-state index in [4.69, 9.17) is 0 Å². The van der Waals surface area contributed by atoms with E-state index >= 15 is 0 Å². The van der Waals surface area contributed by atoms with Crippen molar-refractivity contribution in [2.45, 2.75) is 25.2 Å². The smallest absolute Gasteiger partial charge is 0.0750 e. The summed E-state index contributed by atoms with van der Waals surface area (Å²) in [6.45, 7) is 4.56. The van der Waals surface area contributed by atoms with Gasteiger partial charge in [0.25, 0.3) is 0 Å². The lowest BCUT2D eigenvalue weighted by molar-refractivity contribution is 0.469. The van der Waals surface area contributed by atoms with E-state index in [2.05, 4.69) is 4.72 Å². The standard InChI is InChI=1S/C10H17NO2S/c1-3-8-11-14(12,13)10-6-4-9(2)5-7-10/h4-7,11-13H,3,8H2,1-2H3. The third-order valence-electron chi connectivity index (χ3n) is 1.90. The summed E-state index contributed by atoms with van der Waals surface area (Å²) in [6, 6.07) is 7.23. The minimum absolute atomic E-state index is 0.552. The van der Waals surface area contributed by atoms with Crippen molar-refractivity contribution >= 4 is 10.8 Å². The van der Waals surface area contributed by atoms with Gasteiger partial charge in [-0.15, -0.1) is 10.8 Å². The highest BCUT2D eigenvalue weighted by Crippen LogP contribution is 2.43. The first kappa shape index (κ1) is 11.5. The van der Waals surface area contributed by atoms with Gasteiger partial charge in [-0.05, 0) is 25.5 Å². The first-order valence-electron chi connectivity index (χ1n) is 4.66. The molecule has 1 rings (SSSR count). The zero-order valence-corrected chi connectivity index (χ0v) is 9.34. The van der Waals surface area contributed by atoms with Crippen molar-refractivity contribution in [1.82, 2.24) is 4.72 Å². The molecule has 0 aliphatic heterocycles. The van der Waals surface area contributed by atoms with Crippen LogP contribution in [0, 0.1) is 6.92 Å². The summed E-state index contributed by atoms with van der Waals surface area (Å²) >= 11 is 0. The third kappa shape index (κ3) is 2.99. The van der Waals surface area contributed by atoms with Crippen LogP contribution < -0.4 is 4.72 Å². The number of nitrogens with one attached hydrogen (secondary N) is 1. The van der Waals surface area contributed by atoms with Gasteiger partial charge in [0, 0.05) is 6.54 Å². The van der Waals surface area contributed by atoms with Crippen LogP contribution in [0.2, 0.25) is 0 Å². The largest absolute Gasteiger partial charge is 0.282 e. The molecule has 80 valence electrons. The predicted octanol–water partition coefficient (Wildman–Crippen LogP) is 3.02. The maximum atomic E-state index is 9.74. The molecule has 0 aliphatic rings. The molecule has 0 amide bonds. The van der Waals surface area contributed by atoms with Gasteiger partial charge in [0.15, 0.2) is 0 Å². The van der Waals surface area contributed by atoms with Crippen LogP contribution >= 0.6 is 10.8 Å². The molecule has 0 unspecified atom stereocenters. The summed E-state index contributed by atoms with van der Waals surface area (Å²) in [4.78, 5) is 0.552. The fourth-order valence-corrected chi connectivity index (χ4v) is 2.23. The molecule has 0 spiro atoms. The first-order valence-corrected chi connectivity index (χ1v) is 6.20. The third-order valence-corrected chi connectivity index (χ3v) is 3.44. The van der Waals surface area contributed by atoms with Gasteiger partial charge in [-0.2, -0.15) is 0 Å². The Kier molecular flexibility index (Phi) is 3.95. The van der Waals surface area contributed by atoms with Gasteiger partial charge in [-0.3, -0.25) is 9.11 Å². The maximum absolute atomic E-state index is 9.74. The number of benzene rings is 1. The minimum Gasteiger partial charge on any atom is -0.282 e. The molecular formula is C10H17NO2S. The predicted molar refractivity (Wildman–Crippen MR) is 60.6 cm³/mol. The molecule has 3 nitrogen and oxygen atoms in total. The Bertz CT molecular complexity index is 285. The van der Waals surface area contributed by atoms with Crippen LogP contribution in [0.25, 0.3) is 0 Å².